The Morgan fingerprint density at radius 3 is 2.54 bits per heavy atom. The first-order valence-corrected chi connectivity index (χ1v) is 7.55. The third kappa shape index (κ3) is 5.72. The molecule has 0 atom stereocenters. The summed E-state index contributed by atoms with van der Waals surface area (Å²) in [6, 6.07) is 13.6. The van der Waals surface area contributed by atoms with Crippen LogP contribution in [-0.4, -0.2) is 18.4 Å². The highest BCUT2D eigenvalue weighted by Crippen LogP contribution is 2.12. The van der Waals surface area contributed by atoms with E-state index in [1.807, 2.05) is 19.1 Å². The van der Waals surface area contributed by atoms with Crippen molar-refractivity contribution in [2.45, 2.75) is 19.8 Å². The summed E-state index contributed by atoms with van der Waals surface area (Å²) in [5, 5.41) is 0. The Kier molecular flexibility index (Phi) is 6.31. The molecule has 126 valence electrons. The lowest BCUT2D eigenvalue weighted by atomic mass is 10.1. The van der Waals surface area contributed by atoms with Gasteiger partial charge in [-0.2, -0.15) is 0 Å². The van der Waals surface area contributed by atoms with Crippen LogP contribution in [-0.2, 0) is 16.0 Å². The van der Waals surface area contributed by atoms with Crippen molar-refractivity contribution >= 4 is 11.8 Å². The Hall–Kier alpha value is -2.89. The van der Waals surface area contributed by atoms with Crippen LogP contribution in [0, 0.1) is 12.7 Å². The fraction of sp³-hybridized carbons (Fsp3) is 0.222. The number of nitrogens with one attached hydrogen (secondary N) is 2. The van der Waals surface area contributed by atoms with E-state index >= 15 is 0 Å². The minimum atomic E-state index is -0.476. The first-order valence-electron chi connectivity index (χ1n) is 7.55. The van der Waals surface area contributed by atoms with Crippen LogP contribution in [0.1, 0.15) is 17.5 Å². The number of rotatable bonds is 6. The number of aryl methyl sites for hydroxylation is 2. The predicted molar refractivity (Wildman–Crippen MR) is 87.7 cm³/mol. The molecule has 6 heteroatoms. The molecule has 0 heterocycles. The average molecular weight is 330 g/mol. The second-order valence-corrected chi connectivity index (χ2v) is 5.29. The minimum Gasteiger partial charge on any atom is -0.484 e. The van der Waals surface area contributed by atoms with E-state index in [9.17, 15) is 14.0 Å². The summed E-state index contributed by atoms with van der Waals surface area (Å²) in [6.45, 7) is 1.71. The molecule has 2 amide bonds. The summed E-state index contributed by atoms with van der Waals surface area (Å²) in [5.74, 6) is -0.644. The third-order valence-electron chi connectivity index (χ3n) is 3.28. The number of carbonyl (C=O) groups excluding carboxylic acids is 2. The van der Waals surface area contributed by atoms with E-state index in [1.54, 1.807) is 30.3 Å². The highest BCUT2D eigenvalue weighted by Gasteiger charge is 2.08. The number of hydrogen-bond donors (Lipinski definition) is 2. The summed E-state index contributed by atoms with van der Waals surface area (Å²) in [5.41, 5.74) is 6.02. The van der Waals surface area contributed by atoms with Crippen LogP contribution in [0.5, 0.6) is 5.75 Å². The van der Waals surface area contributed by atoms with Crippen molar-refractivity contribution in [1.82, 2.24) is 10.9 Å². The van der Waals surface area contributed by atoms with Crippen LogP contribution in [0.4, 0.5) is 4.39 Å². The molecular weight excluding hydrogens is 311 g/mol. The van der Waals surface area contributed by atoms with Gasteiger partial charge in [-0.15, -0.1) is 0 Å². The van der Waals surface area contributed by atoms with Crippen molar-refractivity contribution in [2.24, 2.45) is 0 Å². The molecule has 0 saturated carbocycles. The van der Waals surface area contributed by atoms with E-state index in [-0.39, 0.29) is 25.3 Å². The predicted octanol–water partition coefficient (Wildman–Crippen LogP) is 2.29. The fourth-order valence-electron chi connectivity index (χ4n) is 2.04. The standard InChI is InChI=1S/C18H19FN2O3/c1-13-5-4-7-15(11-13)24-12-18(23)21-20-17(22)10-9-14-6-2-3-8-16(14)19/h2-8,11H,9-10,12H2,1H3,(H,20,22)(H,21,23). The Bertz CT molecular complexity index is 719. The Balaban J connectivity index is 1.68. The quantitative estimate of drug-likeness (QED) is 0.799. The van der Waals surface area contributed by atoms with Gasteiger partial charge in [-0.3, -0.25) is 20.4 Å². The molecule has 0 spiro atoms. The van der Waals surface area contributed by atoms with Crippen molar-refractivity contribution in [1.29, 1.82) is 0 Å². The molecule has 0 saturated heterocycles. The maximum absolute atomic E-state index is 13.4. The SMILES string of the molecule is Cc1cccc(OCC(=O)NNC(=O)CCc2ccccc2F)c1. The molecule has 2 aromatic carbocycles. The zero-order valence-electron chi connectivity index (χ0n) is 13.3. The lowest BCUT2D eigenvalue weighted by Gasteiger charge is -2.09. The molecular formula is C18H19FN2O3. The van der Waals surface area contributed by atoms with Gasteiger partial charge < -0.3 is 4.74 Å². The van der Waals surface area contributed by atoms with Gasteiger partial charge in [-0.05, 0) is 42.7 Å². The van der Waals surface area contributed by atoms with Gasteiger partial charge in [0.05, 0.1) is 0 Å². The molecule has 0 aromatic heterocycles. The molecule has 2 aromatic rings. The number of benzene rings is 2. The number of amides is 2. The normalized spacial score (nSPS) is 10.1. The zero-order valence-corrected chi connectivity index (χ0v) is 13.3. The van der Waals surface area contributed by atoms with Crippen LogP contribution >= 0.6 is 0 Å². The summed E-state index contributed by atoms with van der Waals surface area (Å²) in [4.78, 5) is 23.3. The van der Waals surface area contributed by atoms with Gasteiger partial charge in [-0.25, -0.2) is 4.39 Å². The Labute approximate surface area is 139 Å². The van der Waals surface area contributed by atoms with E-state index in [4.69, 9.17) is 4.74 Å². The van der Waals surface area contributed by atoms with Crippen LogP contribution in [0.3, 0.4) is 0 Å². The maximum Gasteiger partial charge on any atom is 0.276 e. The molecule has 0 bridgehead atoms. The minimum absolute atomic E-state index is 0.0694. The fourth-order valence-corrected chi connectivity index (χ4v) is 2.04. The zero-order chi connectivity index (χ0) is 17.4. The van der Waals surface area contributed by atoms with Gasteiger partial charge in [0, 0.05) is 6.42 Å². The van der Waals surface area contributed by atoms with E-state index in [0.717, 1.165) is 5.56 Å². The molecule has 24 heavy (non-hydrogen) atoms. The van der Waals surface area contributed by atoms with Crippen molar-refractivity contribution in [3.63, 3.8) is 0 Å². The van der Waals surface area contributed by atoms with Crippen molar-refractivity contribution in [3.8, 4) is 5.75 Å². The topological polar surface area (TPSA) is 67.4 Å². The number of halogens is 1. The summed E-state index contributed by atoms with van der Waals surface area (Å²) >= 11 is 0. The molecule has 5 nitrogen and oxygen atoms in total. The molecule has 2 rings (SSSR count). The van der Waals surface area contributed by atoms with Crippen LogP contribution in [0.2, 0.25) is 0 Å². The molecule has 0 fully saturated rings. The molecule has 0 aliphatic carbocycles. The van der Waals surface area contributed by atoms with Crippen LogP contribution in [0.15, 0.2) is 48.5 Å². The highest BCUT2D eigenvalue weighted by molar-refractivity contribution is 5.82. The van der Waals surface area contributed by atoms with E-state index in [1.165, 1.54) is 6.07 Å². The first-order chi connectivity index (χ1) is 11.5. The molecule has 0 aliphatic rings. The van der Waals surface area contributed by atoms with Crippen LogP contribution < -0.4 is 15.6 Å². The van der Waals surface area contributed by atoms with Crippen molar-refractivity contribution < 1.29 is 18.7 Å². The smallest absolute Gasteiger partial charge is 0.276 e. The van der Waals surface area contributed by atoms with Gasteiger partial charge in [0.25, 0.3) is 5.91 Å². The Morgan fingerprint density at radius 1 is 1.04 bits per heavy atom. The first kappa shape index (κ1) is 17.5. The second kappa shape index (κ2) is 8.67. The van der Waals surface area contributed by atoms with Crippen molar-refractivity contribution in [3.05, 3.63) is 65.5 Å². The van der Waals surface area contributed by atoms with Crippen LogP contribution in [0.25, 0.3) is 0 Å². The molecule has 2 N–H and O–H groups in total. The number of carbonyl (C=O) groups is 2. The molecule has 0 aliphatic heterocycles. The summed E-state index contributed by atoms with van der Waals surface area (Å²) < 4.78 is 18.7. The summed E-state index contributed by atoms with van der Waals surface area (Å²) in [7, 11) is 0. The number of hydrogen-bond acceptors (Lipinski definition) is 3. The summed E-state index contributed by atoms with van der Waals surface area (Å²) in [6.07, 6.45) is 0.327. The largest absolute Gasteiger partial charge is 0.484 e. The lowest BCUT2D eigenvalue weighted by Crippen LogP contribution is -2.43. The highest BCUT2D eigenvalue weighted by atomic mass is 19.1. The number of ether oxygens (including phenoxy) is 1. The molecule has 0 unspecified atom stereocenters. The van der Waals surface area contributed by atoms with Gasteiger partial charge in [0.15, 0.2) is 6.61 Å². The van der Waals surface area contributed by atoms with E-state index < -0.39 is 11.8 Å². The maximum atomic E-state index is 13.4. The third-order valence-corrected chi connectivity index (χ3v) is 3.28. The molecule has 0 radical (unpaired) electrons. The monoisotopic (exact) mass is 330 g/mol. The second-order valence-electron chi connectivity index (χ2n) is 5.29. The van der Waals surface area contributed by atoms with E-state index in [0.29, 0.717) is 11.3 Å². The van der Waals surface area contributed by atoms with Crippen molar-refractivity contribution in [2.75, 3.05) is 6.61 Å². The van der Waals surface area contributed by atoms with E-state index in [2.05, 4.69) is 10.9 Å². The van der Waals surface area contributed by atoms with Gasteiger partial charge >= 0.3 is 0 Å². The van der Waals surface area contributed by atoms with Gasteiger partial charge in [-0.1, -0.05) is 30.3 Å². The van der Waals surface area contributed by atoms with Gasteiger partial charge in [0.1, 0.15) is 11.6 Å². The Morgan fingerprint density at radius 2 is 1.79 bits per heavy atom. The average Bonchev–Trinajstić information content (AvgIpc) is 2.57. The lowest BCUT2D eigenvalue weighted by molar-refractivity contribution is -0.130. The number of hydrazine groups is 1. The van der Waals surface area contributed by atoms with Gasteiger partial charge in [0.2, 0.25) is 5.91 Å².